The van der Waals surface area contributed by atoms with E-state index in [0.717, 1.165) is 12.0 Å². The molecule has 1 aromatic carbocycles. The zero-order valence-corrected chi connectivity index (χ0v) is 12.3. The second-order valence-electron chi connectivity index (χ2n) is 3.87. The molecule has 1 unspecified atom stereocenters. The molecule has 1 aromatic rings. The number of hydrogen-bond acceptors (Lipinski definition) is 3. The number of halogens is 2. The Bertz CT molecular complexity index is 344. The fraction of sp³-hybridized carbons (Fsp3) is 0.538. The van der Waals surface area contributed by atoms with Crippen molar-refractivity contribution in [2.45, 2.75) is 32.9 Å². The Kier molecular flexibility index (Phi) is 9.20. The van der Waals surface area contributed by atoms with Crippen LogP contribution in [0.5, 0.6) is 5.75 Å². The molecule has 0 aliphatic carbocycles. The molecule has 0 bridgehead atoms. The molecule has 104 valence electrons. The van der Waals surface area contributed by atoms with Crippen molar-refractivity contribution in [3.8, 4) is 5.75 Å². The largest absolute Gasteiger partial charge is 1.00 e. The molecule has 0 saturated heterocycles. The van der Waals surface area contributed by atoms with E-state index in [0.29, 0.717) is 23.9 Å². The van der Waals surface area contributed by atoms with Gasteiger partial charge in [-0.05, 0) is 31.0 Å². The van der Waals surface area contributed by atoms with Crippen LogP contribution in [-0.4, -0.2) is 24.4 Å². The molecule has 0 aliphatic heterocycles. The fourth-order valence-corrected chi connectivity index (χ4v) is 1.78. The average Bonchev–Trinajstić information content (AvgIpc) is 2.34. The molecule has 2 N–H and O–H groups in total. The molecule has 3 nitrogen and oxygen atoms in total. The van der Waals surface area contributed by atoms with Crippen LogP contribution in [0.15, 0.2) is 18.2 Å². The number of benzene rings is 1. The van der Waals surface area contributed by atoms with Crippen LogP contribution in [0.25, 0.3) is 0 Å². The van der Waals surface area contributed by atoms with Gasteiger partial charge < -0.3 is 27.6 Å². The minimum atomic E-state index is 0. The first-order valence-corrected chi connectivity index (χ1v) is 6.34. The van der Waals surface area contributed by atoms with Crippen LogP contribution in [0, 0.1) is 0 Å². The van der Waals surface area contributed by atoms with Crippen molar-refractivity contribution in [3.05, 3.63) is 28.8 Å². The Morgan fingerprint density at radius 3 is 2.61 bits per heavy atom. The lowest BCUT2D eigenvalue weighted by Gasteiger charge is -2.14. The summed E-state index contributed by atoms with van der Waals surface area (Å²) in [6, 6.07) is 5.89. The molecule has 1 rings (SSSR count). The number of ether oxygens (including phenoxy) is 1. The quantitative estimate of drug-likeness (QED) is 0.719. The molecule has 18 heavy (non-hydrogen) atoms. The maximum atomic E-state index is 9.06. The lowest BCUT2D eigenvalue weighted by Crippen LogP contribution is -3.00. The zero-order chi connectivity index (χ0) is 12.7. The highest BCUT2D eigenvalue weighted by Gasteiger charge is 2.05. The molecule has 1 atom stereocenters. The Balaban J connectivity index is 0.00000289. The van der Waals surface area contributed by atoms with Gasteiger partial charge in [0.15, 0.2) is 0 Å². The van der Waals surface area contributed by atoms with Crippen LogP contribution in [0.3, 0.4) is 0 Å². The Labute approximate surface area is 120 Å². The van der Waals surface area contributed by atoms with E-state index in [4.69, 9.17) is 21.4 Å². The molecule has 0 aromatic heterocycles. The van der Waals surface area contributed by atoms with Gasteiger partial charge in [-0.3, -0.25) is 0 Å². The number of aliphatic hydroxyl groups is 1. The van der Waals surface area contributed by atoms with Crippen LogP contribution in [-0.2, 0) is 6.54 Å². The van der Waals surface area contributed by atoms with E-state index in [1.165, 1.54) is 0 Å². The molecule has 0 aliphatic rings. The molecular formula is C13H20Cl2NO2-. The summed E-state index contributed by atoms with van der Waals surface area (Å²) < 4.78 is 5.37. The van der Waals surface area contributed by atoms with E-state index in [1.54, 1.807) is 0 Å². The summed E-state index contributed by atoms with van der Waals surface area (Å²) in [5.74, 6) is 0.715. The fourth-order valence-electron chi connectivity index (χ4n) is 1.53. The summed E-state index contributed by atoms with van der Waals surface area (Å²) in [6.07, 6.45) is 0.904. The lowest BCUT2D eigenvalue weighted by atomic mass is 10.2. The molecule has 0 fully saturated rings. The predicted octanol–water partition coefficient (Wildman–Crippen LogP) is -0.397. The van der Waals surface area contributed by atoms with Crippen molar-refractivity contribution in [1.82, 2.24) is 5.32 Å². The van der Waals surface area contributed by atoms with Gasteiger partial charge in [0.05, 0.1) is 18.2 Å². The van der Waals surface area contributed by atoms with Crippen molar-refractivity contribution in [2.75, 3.05) is 13.2 Å². The van der Waals surface area contributed by atoms with E-state index in [9.17, 15) is 0 Å². The maximum absolute atomic E-state index is 9.06. The second kappa shape index (κ2) is 9.45. The predicted molar refractivity (Wildman–Crippen MR) is 70.6 cm³/mol. The van der Waals surface area contributed by atoms with Crippen molar-refractivity contribution in [2.24, 2.45) is 0 Å². The van der Waals surface area contributed by atoms with Crippen LogP contribution in [0.1, 0.15) is 25.8 Å². The summed E-state index contributed by atoms with van der Waals surface area (Å²) in [5.41, 5.74) is 1.09. The molecule has 0 spiro atoms. The minimum Gasteiger partial charge on any atom is -1.00 e. The monoisotopic (exact) mass is 292 g/mol. The van der Waals surface area contributed by atoms with Crippen molar-refractivity contribution >= 4 is 11.6 Å². The lowest BCUT2D eigenvalue weighted by molar-refractivity contribution is -0.00000507. The number of hydrogen-bond donors (Lipinski definition) is 2. The molecule has 0 heterocycles. The number of aliphatic hydroxyl groups excluding tert-OH is 1. The zero-order valence-electron chi connectivity index (χ0n) is 10.7. The van der Waals surface area contributed by atoms with Gasteiger partial charge in [0.1, 0.15) is 5.75 Å². The van der Waals surface area contributed by atoms with Crippen LogP contribution >= 0.6 is 11.6 Å². The molecule has 0 saturated carbocycles. The topological polar surface area (TPSA) is 41.5 Å². The third-order valence-electron chi connectivity index (χ3n) is 2.60. The van der Waals surface area contributed by atoms with Crippen LogP contribution < -0.4 is 22.5 Å². The summed E-state index contributed by atoms with van der Waals surface area (Å²) in [7, 11) is 0. The first kappa shape index (κ1) is 17.5. The maximum Gasteiger partial charge on any atom is 0.137 e. The first-order valence-electron chi connectivity index (χ1n) is 5.96. The van der Waals surface area contributed by atoms with Crippen molar-refractivity contribution in [1.29, 1.82) is 0 Å². The minimum absolute atomic E-state index is 0. The van der Waals surface area contributed by atoms with Gasteiger partial charge in [-0.25, -0.2) is 0 Å². The molecular weight excluding hydrogens is 273 g/mol. The standard InChI is InChI=1S/C13H20ClNO2.ClH/c1-3-11(9-16)15-8-10-5-6-13(17-4-2)12(14)7-10;/h5-7,11,15-16H,3-4,8-9H2,1-2H3;1H/p-1. The van der Waals surface area contributed by atoms with Crippen LogP contribution in [0.4, 0.5) is 0 Å². The number of nitrogens with one attached hydrogen (secondary N) is 1. The molecule has 0 amide bonds. The van der Waals surface area contributed by atoms with E-state index in [1.807, 2.05) is 32.0 Å². The van der Waals surface area contributed by atoms with E-state index in [2.05, 4.69) is 5.32 Å². The highest BCUT2D eigenvalue weighted by molar-refractivity contribution is 6.32. The Morgan fingerprint density at radius 2 is 2.11 bits per heavy atom. The first-order chi connectivity index (χ1) is 8.21. The van der Waals surface area contributed by atoms with E-state index < -0.39 is 0 Å². The number of rotatable bonds is 7. The van der Waals surface area contributed by atoms with E-state index >= 15 is 0 Å². The second-order valence-corrected chi connectivity index (χ2v) is 4.27. The SMILES string of the molecule is CCOc1ccc(CNC(CC)CO)cc1Cl.[Cl-]. The average molecular weight is 293 g/mol. The van der Waals surface area contributed by atoms with Crippen molar-refractivity contribution < 1.29 is 22.3 Å². The third kappa shape index (κ3) is 5.44. The van der Waals surface area contributed by atoms with Gasteiger partial charge in [0.2, 0.25) is 0 Å². The normalized spacial score (nSPS) is 11.8. The molecule has 0 radical (unpaired) electrons. The molecule has 5 heteroatoms. The smallest absolute Gasteiger partial charge is 0.137 e. The third-order valence-corrected chi connectivity index (χ3v) is 2.90. The van der Waals surface area contributed by atoms with Gasteiger partial charge in [-0.2, -0.15) is 0 Å². The van der Waals surface area contributed by atoms with Crippen LogP contribution in [0.2, 0.25) is 5.02 Å². The van der Waals surface area contributed by atoms with Gasteiger partial charge in [-0.15, -0.1) is 0 Å². The summed E-state index contributed by atoms with van der Waals surface area (Å²) >= 11 is 6.09. The van der Waals surface area contributed by atoms with Gasteiger partial charge >= 0.3 is 0 Å². The van der Waals surface area contributed by atoms with Gasteiger partial charge in [0.25, 0.3) is 0 Å². The summed E-state index contributed by atoms with van der Waals surface area (Å²) in [4.78, 5) is 0. The summed E-state index contributed by atoms with van der Waals surface area (Å²) in [6.45, 7) is 5.43. The van der Waals surface area contributed by atoms with E-state index in [-0.39, 0.29) is 25.1 Å². The Hall–Kier alpha value is -0.480. The van der Waals surface area contributed by atoms with Gasteiger partial charge in [0, 0.05) is 12.6 Å². The Morgan fingerprint density at radius 1 is 1.39 bits per heavy atom. The highest BCUT2D eigenvalue weighted by Crippen LogP contribution is 2.25. The summed E-state index contributed by atoms with van der Waals surface area (Å²) in [5, 5.41) is 13.0. The van der Waals surface area contributed by atoms with Gasteiger partial charge in [-0.1, -0.05) is 24.6 Å². The van der Waals surface area contributed by atoms with Crippen molar-refractivity contribution in [3.63, 3.8) is 0 Å². The highest BCUT2D eigenvalue weighted by atomic mass is 35.5.